The van der Waals surface area contributed by atoms with Gasteiger partial charge >= 0.3 is 148 Å². The first-order valence-electron chi connectivity index (χ1n) is 8.51. The normalized spacial score (nSPS) is 21.0. The van der Waals surface area contributed by atoms with Gasteiger partial charge in [0, 0.05) is 0 Å². The van der Waals surface area contributed by atoms with Crippen LogP contribution in [0.25, 0.3) is 0 Å². The summed E-state index contributed by atoms with van der Waals surface area (Å²) in [6.45, 7) is 0. The second kappa shape index (κ2) is 8.52. The molecule has 1 aliphatic heterocycles. The standard InChI is InChI=1S/C20H20BNO3/c23-20-17(11-15-7-3-1-4-8-15)13-19(25-20)18(22-14-21-24)12-16-9-5-2-6-10-16/h1-10,14,17-19H,11-13H2/t17-,18+,19?/m1/s1. The number of hydrogen-bond donors (Lipinski definition) is 0. The molecular formula is C20H20BNO3. The summed E-state index contributed by atoms with van der Waals surface area (Å²) >= 11 is 0. The van der Waals surface area contributed by atoms with E-state index in [1.807, 2.05) is 60.7 Å². The monoisotopic (exact) mass is 333 g/mol. The van der Waals surface area contributed by atoms with E-state index in [9.17, 15) is 9.50 Å². The maximum absolute atomic E-state index is 12.3. The molecule has 2 aromatic carbocycles. The predicted octanol–water partition coefficient (Wildman–Crippen LogP) is 2.85. The molecule has 1 heterocycles. The third kappa shape index (κ3) is 4.72. The number of nitrogens with zero attached hydrogens (tertiary/aromatic N) is 1. The van der Waals surface area contributed by atoms with Crippen molar-refractivity contribution in [2.75, 3.05) is 0 Å². The summed E-state index contributed by atoms with van der Waals surface area (Å²) < 4.78 is 16.3. The molecule has 1 saturated heterocycles. The van der Waals surface area contributed by atoms with Gasteiger partial charge in [0.25, 0.3) is 0 Å². The minimum atomic E-state index is -0.294. The molecule has 1 aliphatic rings. The van der Waals surface area contributed by atoms with Crippen molar-refractivity contribution < 1.29 is 14.2 Å². The summed E-state index contributed by atoms with van der Waals surface area (Å²) in [5.41, 5.74) is 2.24. The van der Waals surface area contributed by atoms with Crippen molar-refractivity contribution in [2.24, 2.45) is 10.9 Å². The van der Waals surface area contributed by atoms with Crippen molar-refractivity contribution in [3.63, 3.8) is 0 Å². The number of rotatable bonds is 7. The molecule has 5 heteroatoms. The fourth-order valence-electron chi connectivity index (χ4n) is 3.25. The molecule has 25 heavy (non-hydrogen) atoms. The van der Waals surface area contributed by atoms with Crippen LogP contribution in [0.5, 0.6) is 0 Å². The van der Waals surface area contributed by atoms with Crippen LogP contribution in [0.4, 0.5) is 0 Å². The van der Waals surface area contributed by atoms with E-state index in [2.05, 4.69) is 4.99 Å². The molecule has 3 atom stereocenters. The molecule has 4 nitrogen and oxygen atoms in total. The molecule has 3 rings (SSSR count). The summed E-state index contributed by atoms with van der Waals surface area (Å²) in [6, 6.07) is 19.6. The molecule has 0 spiro atoms. The quantitative estimate of drug-likeness (QED) is 0.445. The molecule has 0 bridgehead atoms. The maximum atomic E-state index is 12.3. The van der Waals surface area contributed by atoms with Gasteiger partial charge in [0.15, 0.2) is 0 Å². The molecule has 0 aliphatic carbocycles. The number of carbonyl (C=O) groups is 1. The predicted molar refractivity (Wildman–Crippen MR) is 97.0 cm³/mol. The molecule has 0 saturated carbocycles. The van der Waals surface area contributed by atoms with E-state index in [4.69, 9.17) is 4.74 Å². The van der Waals surface area contributed by atoms with E-state index in [-0.39, 0.29) is 24.0 Å². The molecule has 0 N–H and O–H groups in total. The first-order chi connectivity index (χ1) is 12.3. The van der Waals surface area contributed by atoms with Crippen LogP contribution in [0.15, 0.2) is 65.7 Å². The zero-order valence-corrected chi connectivity index (χ0v) is 14.0. The molecule has 126 valence electrons. The SMILES string of the molecule is O=BC=N[C@@H](Cc1ccccc1)C1C[C@@H](Cc2ccccc2)C(=O)O1. The van der Waals surface area contributed by atoms with Gasteiger partial charge in [0.05, 0.1) is 0 Å². The number of cyclic esters (lactones) is 1. The minimum absolute atomic E-state index is 0.155. The van der Waals surface area contributed by atoms with Gasteiger partial charge in [-0.1, -0.05) is 0 Å². The zero-order valence-electron chi connectivity index (χ0n) is 14.0. The molecule has 0 amide bonds. The molecule has 0 radical (unpaired) electrons. The Kier molecular flexibility index (Phi) is 5.88. The van der Waals surface area contributed by atoms with Crippen LogP contribution in [0, 0.1) is 5.92 Å². The Labute approximate surface area is 148 Å². The Morgan fingerprint density at radius 1 is 1.08 bits per heavy atom. The first-order valence-corrected chi connectivity index (χ1v) is 8.51. The Morgan fingerprint density at radius 2 is 1.72 bits per heavy atom. The first kappa shape index (κ1) is 17.3. The van der Waals surface area contributed by atoms with Gasteiger partial charge in [-0.05, 0) is 0 Å². The van der Waals surface area contributed by atoms with E-state index in [0.29, 0.717) is 26.4 Å². The second-order valence-electron chi connectivity index (χ2n) is 6.29. The van der Waals surface area contributed by atoms with Gasteiger partial charge in [-0.15, -0.1) is 0 Å². The van der Waals surface area contributed by atoms with Crippen molar-refractivity contribution in [3.05, 3.63) is 71.8 Å². The fraction of sp³-hybridized carbons (Fsp3) is 0.300. The van der Waals surface area contributed by atoms with Crippen molar-refractivity contribution in [2.45, 2.75) is 31.4 Å². The van der Waals surface area contributed by atoms with E-state index >= 15 is 0 Å². The van der Waals surface area contributed by atoms with Gasteiger partial charge in [-0.25, -0.2) is 0 Å². The van der Waals surface area contributed by atoms with Gasteiger partial charge in [0.2, 0.25) is 0 Å². The van der Waals surface area contributed by atoms with Crippen LogP contribution in [0.3, 0.4) is 0 Å². The number of ether oxygens (including phenoxy) is 1. The van der Waals surface area contributed by atoms with Gasteiger partial charge in [0.1, 0.15) is 0 Å². The number of aliphatic imine (C=N–C) groups is 1. The third-order valence-corrected chi connectivity index (χ3v) is 4.50. The van der Waals surface area contributed by atoms with Gasteiger partial charge in [-0.2, -0.15) is 0 Å². The van der Waals surface area contributed by atoms with E-state index in [0.717, 1.165) is 11.1 Å². The average molecular weight is 333 g/mol. The molecule has 2 aromatic rings. The number of hydrogen-bond acceptors (Lipinski definition) is 4. The number of esters is 1. The molecule has 1 unspecified atom stereocenters. The van der Waals surface area contributed by atoms with Crippen LogP contribution in [0.2, 0.25) is 0 Å². The number of carbonyl (C=O) groups excluding carboxylic acids is 1. The molecular weight excluding hydrogens is 313 g/mol. The van der Waals surface area contributed by atoms with E-state index in [1.54, 1.807) is 0 Å². The van der Waals surface area contributed by atoms with E-state index in [1.165, 1.54) is 6.11 Å². The Hall–Kier alpha value is -2.56. The summed E-state index contributed by atoms with van der Waals surface area (Å²) in [5.74, 6) is -0.328. The molecule has 0 aromatic heterocycles. The Bertz CT molecular complexity index is 733. The van der Waals surface area contributed by atoms with Crippen molar-refractivity contribution in [3.8, 4) is 0 Å². The Morgan fingerprint density at radius 3 is 2.36 bits per heavy atom. The number of benzene rings is 2. The van der Waals surface area contributed by atoms with Crippen LogP contribution >= 0.6 is 0 Å². The zero-order chi connectivity index (χ0) is 17.5. The summed E-state index contributed by atoms with van der Waals surface area (Å²) in [7, 11) is 0.663. The van der Waals surface area contributed by atoms with E-state index < -0.39 is 0 Å². The van der Waals surface area contributed by atoms with Crippen LogP contribution in [-0.2, 0) is 27.1 Å². The second-order valence-corrected chi connectivity index (χ2v) is 6.29. The van der Waals surface area contributed by atoms with Crippen LogP contribution < -0.4 is 0 Å². The van der Waals surface area contributed by atoms with Gasteiger partial charge in [-0.3, -0.25) is 0 Å². The fourth-order valence-corrected chi connectivity index (χ4v) is 3.25. The van der Waals surface area contributed by atoms with Crippen molar-refractivity contribution in [1.29, 1.82) is 0 Å². The van der Waals surface area contributed by atoms with Crippen LogP contribution in [0.1, 0.15) is 17.5 Å². The van der Waals surface area contributed by atoms with Crippen molar-refractivity contribution in [1.82, 2.24) is 0 Å². The van der Waals surface area contributed by atoms with Crippen LogP contribution in [-0.4, -0.2) is 31.4 Å². The summed E-state index contributed by atoms with van der Waals surface area (Å²) in [4.78, 5) is 16.6. The third-order valence-electron chi connectivity index (χ3n) is 4.50. The Balaban J connectivity index is 1.70. The summed E-state index contributed by atoms with van der Waals surface area (Å²) in [6.07, 6.45) is 2.90. The van der Waals surface area contributed by atoms with Gasteiger partial charge < -0.3 is 0 Å². The average Bonchev–Trinajstić information content (AvgIpc) is 3.01. The summed E-state index contributed by atoms with van der Waals surface area (Å²) in [5, 5.41) is 0. The topological polar surface area (TPSA) is 55.7 Å². The van der Waals surface area contributed by atoms with Crippen molar-refractivity contribution >= 4 is 19.2 Å². The molecule has 1 fully saturated rings.